The number of nitrogens with two attached hydrogens (primary N) is 1. The van der Waals surface area contributed by atoms with Crippen molar-refractivity contribution in [1.82, 2.24) is 0 Å². The van der Waals surface area contributed by atoms with Crippen LogP contribution in [0.1, 0.15) is 25.1 Å². The van der Waals surface area contributed by atoms with Crippen LogP contribution >= 0.6 is 11.3 Å². The largest absolute Gasteiger partial charge is 0.492 e. The highest BCUT2D eigenvalue weighted by Crippen LogP contribution is 2.47. The first-order valence-electron chi connectivity index (χ1n) is 5.60. The lowest BCUT2D eigenvalue weighted by Crippen LogP contribution is -2.22. The molecule has 0 unspecified atom stereocenters. The molecule has 4 nitrogen and oxygen atoms in total. The summed E-state index contributed by atoms with van der Waals surface area (Å²) in [6.45, 7) is 6.48. The summed E-state index contributed by atoms with van der Waals surface area (Å²) in [5, 5.41) is 10.00. The number of hydrogen-bond donors (Lipinski definition) is 1. The van der Waals surface area contributed by atoms with Gasteiger partial charge in [-0.15, -0.1) is 11.3 Å². The normalized spacial score (nSPS) is 18.1. The molecule has 0 aliphatic carbocycles. The van der Waals surface area contributed by atoms with Gasteiger partial charge in [-0.25, -0.2) is 0 Å². The Labute approximate surface area is 106 Å². The van der Waals surface area contributed by atoms with Gasteiger partial charge in [-0.1, -0.05) is 13.8 Å². The lowest BCUT2D eigenvalue weighted by molar-refractivity contribution is 0.412. The van der Waals surface area contributed by atoms with E-state index in [9.17, 15) is 0 Å². The smallest absolute Gasteiger partial charge is 0.177 e. The van der Waals surface area contributed by atoms with E-state index < -0.39 is 0 Å². The van der Waals surface area contributed by atoms with Gasteiger partial charge in [0.05, 0.1) is 7.11 Å². The zero-order valence-electron chi connectivity index (χ0n) is 10.4. The summed E-state index contributed by atoms with van der Waals surface area (Å²) >= 11 is 1.42. The summed E-state index contributed by atoms with van der Waals surface area (Å²) in [6.07, 6.45) is 1.15. The minimum Gasteiger partial charge on any atom is -0.492 e. The molecule has 0 spiro atoms. The van der Waals surface area contributed by atoms with Crippen molar-refractivity contribution in [1.29, 1.82) is 5.26 Å². The summed E-state index contributed by atoms with van der Waals surface area (Å²) < 4.78 is 5.33. The van der Waals surface area contributed by atoms with Crippen LogP contribution in [0.3, 0.4) is 0 Å². The molecule has 1 aromatic rings. The SMILES string of the molecule is COc1c(N2CCC(C)(C)C2)sc(C#N)c1N. The van der Waals surface area contributed by atoms with Crippen LogP contribution in [0.25, 0.3) is 0 Å². The van der Waals surface area contributed by atoms with Gasteiger partial charge in [0, 0.05) is 13.1 Å². The third kappa shape index (κ3) is 2.05. The molecule has 5 heteroatoms. The van der Waals surface area contributed by atoms with Crippen LogP contribution < -0.4 is 15.4 Å². The molecule has 2 rings (SSSR count). The summed E-state index contributed by atoms with van der Waals surface area (Å²) in [6, 6.07) is 2.12. The Bertz CT molecular complexity index is 473. The molecule has 2 N–H and O–H groups in total. The van der Waals surface area contributed by atoms with E-state index >= 15 is 0 Å². The van der Waals surface area contributed by atoms with E-state index in [0.29, 0.717) is 21.7 Å². The number of rotatable bonds is 2. The van der Waals surface area contributed by atoms with Crippen molar-refractivity contribution in [3.8, 4) is 11.8 Å². The number of nitrogens with zero attached hydrogens (tertiary/aromatic N) is 2. The standard InChI is InChI=1S/C12H17N3OS/c1-12(2)4-5-15(7-12)11-10(16-3)9(14)8(6-13)17-11/h4-5,7,14H2,1-3H3. The molecular formula is C12H17N3OS. The van der Waals surface area contributed by atoms with Crippen molar-refractivity contribution in [2.45, 2.75) is 20.3 Å². The maximum Gasteiger partial charge on any atom is 0.177 e. The Morgan fingerprint density at radius 3 is 2.71 bits per heavy atom. The molecule has 92 valence electrons. The van der Waals surface area contributed by atoms with Gasteiger partial charge in [0.2, 0.25) is 0 Å². The van der Waals surface area contributed by atoms with E-state index in [4.69, 9.17) is 15.7 Å². The van der Waals surface area contributed by atoms with Crippen molar-refractivity contribution >= 4 is 22.0 Å². The first-order chi connectivity index (χ1) is 7.98. The van der Waals surface area contributed by atoms with Gasteiger partial charge in [-0.3, -0.25) is 0 Å². The maximum absolute atomic E-state index is 9.00. The molecule has 17 heavy (non-hydrogen) atoms. The first-order valence-corrected chi connectivity index (χ1v) is 6.41. The van der Waals surface area contributed by atoms with Crippen LogP contribution in [-0.2, 0) is 0 Å². The fourth-order valence-electron chi connectivity index (χ4n) is 2.19. The third-order valence-electron chi connectivity index (χ3n) is 3.15. The average Bonchev–Trinajstić information content (AvgIpc) is 2.78. The highest BCUT2D eigenvalue weighted by atomic mass is 32.1. The molecule has 2 heterocycles. The third-order valence-corrected chi connectivity index (χ3v) is 4.30. The number of hydrogen-bond acceptors (Lipinski definition) is 5. The Hall–Kier alpha value is -1.41. The first kappa shape index (κ1) is 12.1. The van der Waals surface area contributed by atoms with E-state index in [-0.39, 0.29) is 0 Å². The predicted octanol–water partition coefficient (Wildman–Crippen LogP) is 2.45. The summed E-state index contributed by atoms with van der Waals surface area (Å²) in [7, 11) is 1.60. The monoisotopic (exact) mass is 251 g/mol. The van der Waals surface area contributed by atoms with Gasteiger partial charge >= 0.3 is 0 Å². The number of anilines is 2. The fraction of sp³-hybridized carbons (Fsp3) is 0.583. The van der Waals surface area contributed by atoms with Gasteiger partial charge in [-0.05, 0) is 11.8 Å². The van der Waals surface area contributed by atoms with Crippen LogP contribution in [0, 0.1) is 16.7 Å². The number of nitrogen functional groups attached to an aromatic ring is 1. The van der Waals surface area contributed by atoms with E-state index in [1.807, 2.05) is 0 Å². The zero-order valence-corrected chi connectivity index (χ0v) is 11.2. The summed E-state index contributed by atoms with van der Waals surface area (Å²) in [5.74, 6) is 0.657. The second kappa shape index (κ2) is 4.11. The minimum atomic E-state index is 0.316. The number of nitriles is 1. The second-order valence-corrected chi connectivity index (χ2v) is 6.13. The van der Waals surface area contributed by atoms with Crippen LogP contribution in [0.4, 0.5) is 10.7 Å². The maximum atomic E-state index is 9.00. The molecule has 1 aliphatic rings. The molecule has 1 aromatic heterocycles. The predicted molar refractivity (Wildman–Crippen MR) is 70.6 cm³/mol. The van der Waals surface area contributed by atoms with Gasteiger partial charge in [0.25, 0.3) is 0 Å². The molecule has 0 saturated carbocycles. The van der Waals surface area contributed by atoms with E-state index in [1.54, 1.807) is 7.11 Å². The highest BCUT2D eigenvalue weighted by molar-refractivity contribution is 7.17. The van der Waals surface area contributed by atoms with Gasteiger partial charge in [0.15, 0.2) is 5.75 Å². The Morgan fingerprint density at radius 1 is 1.53 bits per heavy atom. The summed E-state index contributed by atoms with van der Waals surface area (Å²) in [5.41, 5.74) is 6.68. The molecule has 0 amide bonds. The highest BCUT2D eigenvalue weighted by Gasteiger charge is 2.32. The average molecular weight is 251 g/mol. The van der Waals surface area contributed by atoms with Crippen LogP contribution in [0.15, 0.2) is 0 Å². The van der Waals surface area contributed by atoms with Crippen molar-refractivity contribution in [2.75, 3.05) is 30.8 Å². The Kier molecular flexibility index (Phi) is 2.92. The lowest BCUT2D eigenvalue weighted by atomic mass is 9.93. The van der Waals surface area contributed by atoms with E-state index in [2.05, 4.69) is 24.8 Å². The molecule has 1 fully saturated rings. The van der Waals surface area contributed by atoms with Crippen LogP contribution in [0.5, 0.6) is 5.75 Å². The Morgan fingerprint density at radius 2 is 2.24 bits per heavy atom. The van der Waals surface area contributed by atoms with Crippen LogP contribution in [-0.4, -0.2) is 20.2 Å². The molecule has 0 bridgehead atoms. The van der Waals surface area contributed by atoms with Gasteiger partial charge in [0.1, 0.15) is 21.6 Å². The minimum absolute atomic E-state index is 0.316. The molecular weight excluding hydrogens is 234 g/mol. The fourth-order valence-corrected chi connectivity index (χ4v) is 3.20. The molecule has 0 atom stereocenters. The molecule has 0 aromatic carbocycles. The van der Waals surface area contributed by atoms with Crippen molar-refractivity contribution in [2.24, 2.45) is 5.41 Å². The lowest BCUT2D eigenvalue weighted by Gasteiger charge is -2.20. The second-order valence-electron chi connectivity index (χ2n) is 5.13. The number of methoxy groups -OCH3 is 1. The molecule has 1 saturated heterocycles. The summed E-state index contributed by atoms with van der Waals surface area (Å²) in [4.78, 5) is 2.81. The van der Waals surface area contributed by atoms with Crippen molar-refractivity contribution in [3.63, 3.8) is 0 Å². The molecule has 1 aliphatic heterocycles. The van der Waals surface area contributed by atoms with Crippen LogP contribution in [0.2, 0.25) is 0 Å². The van der Waals surface area contributed by atoms with Crippen molar-refractivity contribution < 1.29 is 4.74 Å². The Balaban J connectivity index is 2.37. The van der Waals surface area contributed by atoms with E-state index in [0.717, 1.165) is 24.5 Å². The zero-order chi connectivity index (χ0) is 12.6. The van der Waals surface area contributed by atoms with E-state index in [1.165, 1.54) is 11.3 Å². The number of ether oxygens (including phenoxy) is 1. The topological polar surface area (TPSA) is 62.3 Å². The van der Waals surface area contributed by atoms with Gasteiger partial charge in [-0.2, -0.15) is 5.26 Å². The molecule has 0 radical (unpaired) electrons. The quantitative estimate of drug-likeness (QED) is 0.877. The van der Waals surface area contributed by atoms with Crippen molar-refractivity contribution in [3.05, 3.63) is 4.88 Å². The van der Waals surface area contributed by atoms with Gasteiger partial charge < -0.3 is 15.4 Å². The number of thiophene rings is 1.